The number of halogens is 3. The Morgan fingerprint density at radius 1 is 1.09 bits per heavy atom. The lowest BCUT2D eigenvalue weighted by atomic mass is 9.84. The minimum atomic E-state index is -1.09. The number of carbonyl (C=O) groups excluding carboxylic acids is 2. The Labute approximate surface area is 201 Å². The van der Waals surface area contributed by atoms with Crippen LogP contribution in [0, 0.1) is 28.8 Å². The molecule has 0 unspecified atom stereocenters. The van der Waals surface area contributed by atoms with Crippen LogP contribution >= 0.6 is 0 Å². The molecular weight excluding hydrogens is 455 g/mol. The molecule has 180 valence electrons. The summed E-state index contributed by atoms with van der Waals surface area (Å²) in [7, 11) is 1.78. The lowest BCUT2D eigenvalue weighted by Crippen LogP contribution is -2.28. The fourth-order valence-corrected chi connectivity index (χ4v) is 3.72. The van der Waals surface area contributed by atoms with E-state index in [1.54, 1.807) is 45.2 Å². The molecule has 1 N–H and O–H groups in total. The maximum Gasteiger partial charge on any atom is 0.251 e. The summed E-state index contributed by atoms with van der Waals surface area (Å²) in [5.41, 5.74) is 1.40. The molecule has 0 aliphatic rings. The Hall–Kier alpha value is -4.12. The molecule has 0 aromatic heterocycles. The van der Waals surface area contributed by atoms with Crippen LogP contribution in [0.25, 0.3) is 0 Å². The quantitative estimate of drug-likeness (QED) is 0.461. The molecule has 0 saturated carbocycles. The average molecular weight is 480 g/mol. The van der Waals surface area contributed by atoms with E-state index in [1.165, 1.54) is 6.07 Å². The Balaban J connectivity index is 1.93. The molecule has 0 aliphatic heterocycles. The third-order valence-corrected chi connectivity index (χ3v) is 5.74. The Morgan fingerprint density at radius 3 is 2.37 bits per heavy atom. The molecule has 0 radical (unpaired) electrons. The van der Waals surface area contributed by atoms with E-state index < -0.39 is 40.9 Å². The van der Waals surface area contributed by atoms with Crippen molar-refractivity contribution in [1.82, 2.24) is 5.32 Å². The Bertz CT molecular complexity index is 1290. The van der Waals surface area contributed by atoms with E-state index in [0.717, 1.165) is 11.8 Å². The molecule has 0 spiro atoms. The first-order chi connectivity index (χ1) is 16.6. The van der Waals surface area contributed by atoms with Crippen molar-refractivity contribution in [2.75, 3.05) is 11.9 Å². The minimum absolute atomic E-state index is 0.203. The van der Waals surface area contributed by atoms with Gasteiger partial charge < -0.3 is 15.0 Å². The molecular formula is C27H24F3N3O2. The zero-order valence-corrected chi connectivity index (χ0v) is 19.5. The highest BCUT2D eigenvalue weighted by Crippen LogP contribution is 2.32. The van der Waals surface area contributed by atoms with Gasteiger partial charge in [0.1, 0.15) is 23.7 Å². The maximum atomic E-state index is 13.9. The number of nitriles is 1. The molecule has 0 fully saturated rings. The second-order valence-electron chi connectivity index (χ2n) is 8.73. The summed E-state index contributed by atoms with van der Waals surface area (Å²) >= 11 is 0. The van der Waals surface area contributed by atoms with Crippen LogP contribution in [-0.4, -0.2) is 19.2 Å². The number of amides is 1. The summed E-state index contributed by atoms with van der Waals surface area (Å²) < 4.78 is 41.0. The van der Waals surface area contributed by atoms with E-state index >= 15 is 0 Å². The molecule has 3 rings (SSSR count). The third-order valence-electron chi connectivity index (χ3n) is 5.74. The smallest absolute Gasteiger partial charge is 0.251 e. The van der Waals surface area contributed by atoms with Gasteiger partial charge in [0.2, 0.25) is 0 Å². The van der Waals surface area contributed by atoms with Crippen molar-refractivity contribution in [2.24, 2.45) is 0 Å². The third kappa shape index (κ3) is 5.69. The molecule has 0 atom stereocenters. The minimum Gasteiger partial charge on any atom is -0.370 e. The van der Waals surface area contributed by atoms with Crippen molar-refractivity contribution in [3.8, 4) is 6.07 Å². The van der Waals surface area contributed by atoms with Crippen molar-refractivity contribution < 1.29 is 22.8 Å². The number of nitrogens with one attached hydrogen (secondary N) is 1. The Morgan fingerprint density at radius 2 is 1.74 bits per heavy atom. The summed E-state index contributed by atoms with van der Waals surface area (Å²) in [4.78, 5) is 26.4. The maximum absolute atomic E-state index is 13.9. The molecule has 0 bridgehead atoms. The highest BCUT2D eigenvalue weighted by atomic mass is 19.1. The molecule has 1 amide bonds. The van der Waals surface area contributed by atoms with E-state index in [2.05, 4.69) is 11.4 Å². The van der Waals surface area contributed by atoms with Gasteiger partial charge in [-0.15, -0.1) is 0 Å². The summed E-state index contributed by atoms with van der Waals surface area (Å²) in [6.45, 7) is 3.35. The molecule has 8 heteroatoms. The van der Waals surface area contributed by atoms with Gasteiger partial charge in [-0.25, -0.2) is 13.2 Å². The van der Waals surface area contributed by atoms with Gasteiger partial charge in [-0.2, -0.15) is 5.26 Å². The lowest BCUT2D eigenvalue weighted by molar-refractivity contribution is -0.111. The fraction of sp³-hybridized carbons (Fsp3) is 0.222. The van der Waals surface area contributed by atoms with E-state index in [-0.39, 0.29) is 5.56 Å². The second-order valence-corrected chi connectivity index (χ2v) is 8.73. The number of carbonyl (C=O) groups is 2. The molecule has 0 saturated heterocycles. The van der Waals surface area contributed by atoms with Crippen LogP contribution in [0.15, 0.2) is 54.6 Å². The number of anilines is 1. The van der Waals surface area contributed by atoms with Crippen molar-refractivity contribution in [1.29, 1.82) is 5.26 Å². The molecule has 0 aliphatic carbocycles. The molecule has 35 heavy (non-hydrogen) atoms. The fourth-order valence-electron chi connectivity index (χ4n) is 3.72. The topological polar surface area (TPSA) is 73.2 Å². The molecule has 3 aromatic carbocycles. The SMILES string of the molecule is CN(Cc1ccccc1C#N)c1cc(C(=O)NCc2c(F)cc(F)cc2F)ccc1C(C)(C)C=O. The number of hydrogen-bond donors (Lipinski definition) is 1. The van der Waals surface area contributed by atoms with Crippen LogP contribution in [0.4, 0.5) is 18.9 Å². The van der Waals surface area contributed by atoms with Gasteiger partial charge in [-0.3, -0.25) is 4.79 Å². The van der Waals surface area contributed by atoms with Crippen LogP contribution in [0.2, 0.25) is 0 Å². The van der Waals surface area contributed by atoms with Crippen LogP contribution < -0.4 is 10.2 Å². The highest BCUT2D eigenvalue weighted by molar-refractivity contribution is 5.95. The van der Waals surface area contributed by atoms with Crippen LogP contribution in [0.1, 0.15) is 46.5 Å². The molecule has 5 nitrogen and oxygen atoms in total. The predicted molar refractivity (Wildman–Crippen MR) is 126 cm³/mol. The first kappa shape index (κ1) is 25.5. The van der Waals surface area contributed by atoms with Gasteiger partial charge in [0.25, 0.3) is 5.91 Å². The normalized spacial score (nSPS) is 11.0. The molecule has 0 heterocycles. The number of benzene rings is 3. The van der Waals surface area contributed by atoms with E-state index in [9.17, 15) is 28.0 Å². The molecule has 3 aromatic rings. The van der Waals surface area contributed by atoms with Gasteiger partial charge >= 0.3 is 0 Å². The first-order valence-electron chi connectivity index (χ1n) is 10.8. The van der Waals surface area contributed by atoms with Gasteiger partial charge in [0.05, 0.1) is 11.6 Å². The van der Waals surface area contributed by atoms with E-state index in [0.29, 0.717) is 35.5 Å². The number of nitrogens with zero attached hydrogens (tertiary/aromatic N) is 2. The zero-order valence-electron chi connectivity index (χ0n) is 19.5. The second kappa shape index (κ2) is 10.4. The Kier molecular flexibility index (Phi) is 7.60. The largest absolute Gasteiger partial charge is 0.370 e. The number of aldehydes is 1. The first-order valence-corrected chi connectivity index (χ1v) is 10.8. The zero-order chi connectivity index (χ0) is 25.8. The van der Waals surface area contributed by atoms with Crippen LogP contribution in [0.3, 0.4) is 0 Å². The monoisotopic (exact) mass is 479 g/mol. The van der Waals surface area contributed by atoms with Gasteiger partial charge in [-0.1, -0.05) is 24.3 Å². The average Bonchev–Trinajstić information content (AvgIpc) is 2.83. The van der Waals surface area contributed by atoms with Crippen LogP contribution in [0.5, 0.6) is 0 Å². The van der Waals surface area contributed by atoms with E-state index in [4.69, 9.17) is 0 Å². The predicted octanol–water partition coefficient (Wildman–Crippen LogP) is 5.02. The van der Waals surface area contributed by atoms with Crippen molar-refractivity contribution >= 4 is 17.9 Å². The van der Waals surface area contributed by atoms with Gasteiger partial charge in [0, 0.05) is 54.5 Å². The van der Waals surface area contributed by atoms with Crippen LogP contribution in [-0.2, 0) is 23.3 Å². The summed E-state index contributed by atoms with van der Waals surface area (Å²) in [5.74, 6) is -3.84. The summed E-state index contributed by atoms with van der Waals surface area (Å²) in [6, 6.07) is 15.1. The van der Waals surface area contributed by atoms with E-state index in [1.807, 2.05) is 17.0 Å². The lowest BCUT2D eigenvalue weighted by Gasteiger charge is -2.29. The van der Waals surface area contributed by atoms with Gasteiger partial charge in [0.15, 0.2) is 0 Å². The van der Waals surface area contributed by atoms with Crippen molar-refractivity contribution in [2.45, 2.75) is 32.4 Å². The highest BCUT2D eigenvalue weighted by Gasteiger charge is 2.26. The number of hydrogen-bond acceptors (Lipinski definition) is 4. The van der Waals surface area contributed by atoms with Crippen molar-refractivity contribution in [3.63, 3.8) is 0 Å². The standard InChI is InChI=1S/C27H24F3N3O2/c1-27(2,16-34)22-9-8-17(26(35)32-14-21-23(29)11-20(28)12-24(21)30)10-25(22)33(3)15-19-7-5-4-6-18(19)13-31/h4-12,16H,14-15H2,1-3H3,(H,32,35). The van der Waals surface area contributed by atoms with Gasteiger partial charge in [-0.05, 0) is 43.2 Å². The van der Waals surface area contributed by atoms with Crippen molar-refractivity contribution in [3.05, 3.63) is 99.9 Å². The summed E-state index contributed by atoms with van der Waals surface area (Å²) in [5, 5.41) is 11.9. The number of rotatable bonds is 8. The summed E-state index contributed by atoms with van der Waals surface area (Å²) in [6.07, 6.45) is 0.808.